The topological polar surface area (TPSA) is 12.5 Å². The summed E-state index contributed by atoms with van der Waals surface area (Å²) in [6, 6.07) is 0. The van der Waals surface area contributed by atoms with Gasteiger partial charge in [-0.05, 0) is 37.5 Å². The molecule has 1 spiro atoms. The second-order valence-electron chi connectivity index (χ2n) is 4.42. The van der Waals surface area contributed by atoms with E-state index in [-0.39, 0.29) is 0 Å². The van der Waals surface area contributed by atoms with Crippen molar-refractivity contribution >= 4 is 0 Å². The van der Waals surface area contributed by atoms with E-state index >= 15 is 0 Å². The quantitative estimate of drug-likeness (QED) is 0.465. The highest BCUT2D eigenvalue weighted by molar-refractivity contribution is 5.21. The molecule has 10 heavy (non-hydrogen) atoms. The Balaban J connectivity index is 1.83. The molecule has 3 rings (SSSR count). The van der Waals surface area contributed by atoms with Crippen molar-refractivity contribution < 1.29 is 4.74 Å². The first kappa shape index (κ1) is 5.59. The minimum atomic E-state index is 0.419. The molecule has 0 aromatic carbocycles. The smallest absolute Gasteiger partial charge is 0.0981 e. The Morgan fingerprint density at radius 2 is 2.10 bits per heavy atom. The Morgan fingerprint density at radius 1 is 1.40 bits per heavy atom. The van der Waals surface area contributed by atoms with E-state index in [1.54, 1.807) is 0 Å². The van der Waals surface area contributed by atoms with Gasteiger partial charge in [0.25, 0.3) is 0 Å². The summed E-state index contributed by atoms with van der Waals surface area (Å²) in [7, 11) is 0. The summed E-state index contributed by atoms with van der Waals surface area (Å²) in [6.45, 7) is 4.59. The maximum Gasteiger partial charge on any atom is 0.0981 e. The zero-order valence-electron chi connectivity index (χ0n) is 6.63. The van der Waals surface area contributed by atoms with Gasteiger partial charge in [0.2, 0.25) is 0 Å². The normalized spacial score (nSPS) is 70.2. The third-order valence-corrected chi connectivity index (χ3v) is 3.97. The number of fused-ring (bicyclic) bond motifs is 2. The van der Waals surface area contributed by atoms with E-state index < -0.39 is 0 Å². The first-order valence-electron chi connectivity index (χ1n) is 4.42. The van der Waals surface area contributed by atoms with Crippen molar-refractivity contribution in [3.8, 4) is 0 Å². The summed E-state index contributed by atoms with van der Waals surface area (Å²) in [5, 5.41) is 0. The Labute approximate surface area is 61.8 Å². The van der Waals surface area contributed by atoms with Crippen LogP contribution in [0.4, 0.5) is 0 Å². The first-order valence-corrected chi connectivity index (χ1v) is 4.42. The van der Waals surface area contributed by atoms with Crippen molar-refractivity contribution in [1.82, 2.24) is 0 Å². The van der Waals surface area contributed by atoms with Crippen LogP contribution in [0, 0.1) is 17.8 Å². The summed E-state index contributed by atoms with van der Waals surface area (Å²) in [6.07, 6.45) is 3.45. The molecule has 0 N–H and O–H groups in total. The van der Waals surface area contributed by atoms with Gasteiger partial charge >= 0.3 is 0 Å². The lowest BCUT2D eigenvalue weighted by atomic mass is 9.47. The minimum Gasteiger partial charge on any atom is -0.366 e. The number of rotatable bonds is 0. The van der Waals surface area contributed by atoms with Gasteiger partial charge in [0.05, 0.1) is 11.7 Å². The van der Waals surface area contributed by atoms with Crippen molar-refractivity contribution in [3.63, 3.8) is 0 Å². The molecule has 1 heteroatoms. The monoisotopic (exact) mass is 138 g/mol. The van der Waals surface area contributed by atoms with Crippen LogP contribution >= 0.6 is 0 Å². The van der Waals surface area contributed by atoms with Crippen LogP contribution in [0.5, 0.6) is 0 Å². The summed E-state index contributed by atoms with van der Waals surface area (Å²) >= 11 is 0. The third kappa shape index (κ3) is 0.378. The highest BCUT2D eigenvalue weighted by Crippen LogP contribution is 2.69. The second-order valence-corrected chi connectivity index (χ2v) is 4.42. The molecule has 0 radical (unpaired) electrons. The maximum absolute atomic E-state index is 5.64. The van der Waals surface area contributed by atoms with E-state index in [1.807, 2.05) is 0 Å². The Hall–Kier alpha value is -0.0400. The van der Waals surface area contributed by atoms with Crippen molar-refractivity contribution in [2.45, 2.75) is 38.4 Å². The molecule has 2 aliphatic carbocycles. The molecule has 3 aliphatic rings. The van der Waals surface area contributed by atoms with Gasteiger partial charge in [-0.25, -0.2) is 0 Å². The molecule has 1 heterocycles. The molecule has 5 atom stereocenters. The predicted molar refractivity (Wildman–Crippen MR) is 38.7 cm³/mol. The van der Waals surface area contributed by atoms with Crippen LogP contribution in [0.25, 0.3) is 0 Å². The molecule has 0 aromatic heterocycles. The SMILES string of the molecule is CC1CC2CC3(OC3C)C12. The molecule has 56 valence electrons. The highest BCUT2D eigenvalue weighted by atomic mass is 16.6. The molecule has 1 aliphatic heterocycles. The van der Waals surface area contributed by atoms with Gasteiger partial charge in [0, 0.05) is 0 Å². The van der Waals surface area contributed by atoms with Crippen LogP contribution in [-0.4, -0.2) is 11.7 Å². The zero-order chi connectivity index (χ0) is 6.93. The molecule has 1 saturated heterocycles. The fourth-order valence-electron chi connectivity index (χ4n) is 3.37. The zero-order valence-corrected chi connectivity index (χ0v) is 6.63. The van der Waals surface area contributed by atoms with E-state index in [9.17, 15) is 0 Å². The molecule has 1 nitrogen and oxygen atoms in total. The Bertz CT molecular complexity index is 185. The average molecular weight is 138 g/mol. The van der Waals surface area contributed by atoms with Crippen molar-refractivity contribution in [2.24, 2.45) is 17.8 Å². The number of epoxide rings is 1. The number of hydrogen-bond acceptors (Lipinski definition) is 1. The molecule has 2 saturated carbocycles. The van der Waals surface area contributed by atoms with Gasteiger partial charge in [-0.3, -0.25) is 0 Å². The highest BCUT2D eigenvalue weighted by Gasteiger charge is 2.73. The second kappa shape index (κ2) is 1.29. The predicted octanol–water partition coefficient (Wildman–Crippen LogP) is 1.82. The molecule has 0 amide bonds. The van der Waals surface area contributed by atoms with E-state index in [4.69, 9.17) is 4.74 Å². The number of hydrogen-bond donors (Lipinski definition) is 0. The van der Waals surface area contributed by atoms with Gasteiger partial charge in [-0.15, -0.1) is 0 Å². The maximum atomic E-state index is 5.64. The lowest BCUT2D eigenvalue weighted by Crippen LogP contribution is -2.57. The Morgan fingerprint density at radius 3 is 2.40 bits per heavy atom. The lowest BCUT2D eigenvalue weighted by Gasteiger charge is -2.56. The molecule has 5 unspecified atom stereocenters. The van der Waals surface area contributed by atoms with Gasteiger partial charge < -0.3 is 4.74 Å². The van der Waals surface area contributed by atoms with Crippen LogP contribution in [0.15, 0.2) is 0 Å². The minimum absolute atomic E-state index is 0.419. The fourth-order valence-corrected chi connectivity index (χ4v) is 3.37. The molecule has 0 bridgehead atoms. The molecular weight excluding hydrogens is 124 g/mol. The van der Waals surface area contributed by atoms with Crippen LogP contribution < -0.4 is 0 Å². The molecular formula is C9H14O. The molecule has 0 aromatic rings. The van der Waals surface area contributed by atoms with Gasteiger partial charge in [0.15, 0.2) is 0 Å². The Kier molecular flexibility index (Phi) is 0.722. The van der Waals surface area contributed by atoms with Crippen LogP contribution in [0.1, 0.15) is 26.7 Å². The third-order valence-electron chi connectivity index (χ3n) is 3.97. The van der Waals surface area contributed by atoms with Crippen molar-refractivity contribution in [3.05, 3.63) is 0 Å². The summed E-state index contributed by atoms with van der Waals surface area (Å²) in [5.74, 6) is 2.98. The van der Waals surface area contributed by atoms with Crippen LogP contribution in [0.3, 0.4) is 0 Å². The van der Waals surface area contributed by atoms with Gasteiger partial charge in [-0.2, -0.15) is 0 Å². The molecule has 3 fully saturated rings. The largest absolute Gasteiger partial charge is 0.366 e. The van der Waals surface area contributed by atoms with E-state index in [1.165, 1.54) is 12.8 Å². The fraction of sp³-hybridized carbons (Fsp3) is 1.00. The van der Waals surface area contributed by atoms with Crippen LogP contribution in [0.2, 0.25) is 0 Å². The van der Waals surface area contributed by atoms with E-state index in [0.29, 0.717) is 11.7 Å². The van der Waals surface area contributed by atoms with Crippen molar-refractivity contribution in [1.29, 1.82) is 0 Å². The van der Waals surface area contributed by atoms with E-state index in [0.717, 1.165) is 17.8 Å². The number of ether oxygens (including phenoxy) is 1. The van der Waals surface area contributed by atoms with E-state index in [2.05, 4.69) is 13.8 Å². The summed E-state index contributed by atoms with van der Waals surface area (Å²) in [4.78, 5) is 0. The lowest BCUT2D eigenvalue weighted by molar-refractivity contribution is -0.0995. The van der Waals surface area contributed by atoms with Crippen LogP contribution in [-0.2, 0) is 4.74 Å². The summed E-state index contributed by atoms with van der Waals surface area (Å²) in [5.41, 5.74) is 0.419. The standard InChI is InChI=1S/C9H14O/c1-5-3-7-4-9(8(5)7)6(2)10-9/h5-8H,3-4H2,1-2H3. The van der Waals surface area contributed by atoms with Gasteiger partial charge in [-0.1, -0.05) is 6.92 Å². The van der Waals surface area contributed by atoms with Gasteiger partial charge in [0.1, 0.15) is 0 Å². The summed E-state index contributed by atoms with van der Waals surface area (Å²) < 4.78 is 5.64. The first-order chi connectivity index (χ1) is 4.74. The van der Waals surface area contributed by atoms with Crippen molar-refractivity contribution in [2.75, 3.05) is 0 Å². The average Bonchev–Trinajstić information content (AvgIpc) is 2.41.